The molecule has 3 aliphatic rings. The van der Waals surface area contributed by atoms with Crippen LogP contribution in [0.1, 0.15) is 93.6 Å². The van der Waals surface area contributed by atoms with Crippen molar-refractivity contribution >= 4 is 11.6 Å². The van der Waals surface area contributed by atoms with Gasteiger partial charge in [-0.15, -0.1) is 0 Å². The number of halogens is 2. The summed E-state index contributed by atoms with van der Waals surface area (Å²) in [5.74, 6) is 2.35. The van der Waals surface area contributed by atoms with Crippen molar-refractivity contribution in [2.24, 2.45) is 0 Å². The molecule has 2 atom stereocenters. The Bertz CT molecular complexity index is 1620. The van der Waals surface area contributed by atoms with Gasteiger partial charge in [-0.05, 0) is 105 Å². The van der Waals surface area contributed by atoms with Crippen LogP contribution in [0.3, 0.4) is 0 Å². The number of hydrogen-bond acceptors (Lipinski definition) is 6. The fourth-order valence-corrected chi connectivity index (χ4v) is 7.84. The fraction of sp³-hybridized carbons (Fsp3) is 0.524. The summed E-state index contributed by atoms with van der Waals surface area (Å²) in [5, 5.41) is 7.87. The van der Waals surface area contributed by atoms with Crippen LogP contribution in [-0.2, 0) is 13.0 Å². The zero-order valence-corrected chi connectivity index (χ0v) is 31.1. The number of nitrogens with zero attached hydrogens (tertiary/aromatic N) is 1. The molecule has 2 N–H and O–H groups in total. The van der Waals surface area contributed by atoms with Crippen LogP contribution in [0.15, 0.2) is 60.3 Å². The molecule has 6 nitrogen and oxygen atoms in total. The van der Waals surface area contributed by atoms with E-state index in [0.717, 1.165) is 87.3 Å². The number of alkyl halides is 1. The molecule has 2 aliphatic heterocycles. The summed E-state index contributed by atoms with van der Waals surface area (Å²) < 4.78 is 32.9. The third-order valence-electron chi connectivity index (χ3n) is 10.8. The molecule has 0 saturated carbocycles. The first-order chi connectivity index (χ1) is 24.2. The molecule has 1 unspecified atom stereocenters. The van der Waals surface area contributed by atoms with Crippen LogP contribution in [0.4, 0.5) is 4.39 Å². The van der Waals surface area contributed by atoms with E-state index in [4.69, 9.17) is 25.8 Å². The topological polar surface area (TPSA) is 55.0 Å². The monoisotopic (exact) mass is 703 g/mol. The highest BCUT2D eigenvalue weighted by atomic mass is 35.5. The second-order valence-electron chi connectivity index (χ2n) is 14.5. The number of fused-ring (bicyclic) bond motifs is 1. The average Bonchev–Trinajstić information content (AvgIpc) is 3.53. The molecule has 50 heavy (non-hydrogen) atoms. The van der Waals surface area contributed by atoms with Crippen LogP contribution in [0.5, 0.6) is 17.2 Å². The molecule has 3 aromatic carbocycles. The van der Waals surface area contributed by atoms with Crippen LogP contribution in [0.2, 0.25) is 5.02 Å². The first-order valence-corrected chi connectivity index (χ1v) is 19.1. The molecule has 0 spiro atoms. The Balaban J connectivity index is 1.08. The van der Waals surface area contributed by atoms with E-state index in [1.54, 1.807) is 14.0 Å². The number of rotatable bonds is 14. The lowest BCUT2D eigenvalue weighted by molar-refractivity contribution is 0.0715. The SMILES string of the molecule is CCC/C=C1\CCC(NCc2cc(Cl)c(O[C@H]3CCc4c(-c5cccc(OCCCN6CCC(C)(F)CC6)c5C)cccc43)cc2OC)CN1. The van der Waals surface area contributed by atoms with Gasteiger partial charge in [0.25, 0.3) is 0 Å². The highest BCUT2D eigenvalue weighted by Gasteiger charge is 2.30. The number of ether oxygens (including phenoxy) is 3. The van der Waals surface area contributed by atoms with E-state index < -0.39 is 5.67 Å². The molecule has 0 amide bonds. The Kier molecular flexibility index (Phi) is 12.3. The third kappa shape index (κ3) is 8.96. The van der Waals surface area contributed by atoms with Gasteiger partial charge in [-0.25, -0.2) is 4.39 Å². The number of nitrogens with one attached hydrogen (secondary N) is 2. The zero-order valence-electron chi connectivity index (χ0n) is 30.4. The van der Waals surface area contributed by atoms with Gasteiger partial charge >= 0.3 is 0 Å². The number of allylic oxidation sites excluding steroid dienone is 2. The second kappa shape index (κ2) is 16.8. The first kappa shape index (κ1) is 36.5. The van der Waals surface area contributed by atoms with Crippen LogP contribution in [0, 0.1) is 6.92 Å². The highest BCUT2D eigenvalue weighted by Crippen LogP contribution is 2.44. The summed E-state index contributed by atoms with van der Waals surface area (Å²) in [6.45, 7) is 10.9. The van der Waals surface area contributed by atoms with Gasteiger partial charge in [0.1, 0.15) is 29.0 Å². The van der Waals surface area contributed by atoms with Gasteiger partial charge < -0.3 is 29.7 Å². The van der Waals surface area contributed by atoms with Crippen molar-refractivity contribution in [2.75, 3.05) is 39.9 Å². The molecular formula is C42H55ClFN3O3. The fourth-order valence-electron chi connectivity index (χ4n) is 7.61. The van der Waals surface area contributed by atoms with Crippen molar-refractivity contribution in [3.8, 4) is 28.4 Å². The smallest absolute Gasteiger partial charge is 0.142 e. The minimum atomic E-state index is -1.01. The number of unbranched alkanes of at least 4 members (excludes halogenated alkanes) is 1. The predicted octanol–water partition coefficient (Wildman–Crippen LogP) is 9.51. The lowest BCUT2D eigenvalue weighted by atomic mass is 9.93. The average molecular weight is 704 g/mol. The number of likely N-dealkylation sites (tertiary alicyclic amines) is 1. The van der Waals surface area contributed by atoms with Crippen molar-refractivity contribution in [3.63, 3.8) is 0 Å². The van der Waals surface area contributed by atoms with Crippen molar-refractivity contribution in [1.82, 2.24) is 15.5 Å². The van der Waals surface area contributed by atoms with Gasteiger partial charge in [-0.3, -0.25) is 0 Å². The summed E-state index contributed by atoms with van der Waals surface area (Å²) in [7, 11) is 1.71. The van der Waals surface area contributed by atoms with Gasteiger partial charge in [0.2, 0.25) is 0 Å². The van der Waals surface area contributed by atoms with Gasteiger partial charge in [-0.1, -0.05) is 61.4 Å². The molecule has 2 fully saturated rings. The Labute approximate surface area is 303 Å². The summed E-state index contributed by atoms with van der Waals surface area (Å²) in [4.78, 5) is 2.35. The standard InChI is InChI=1S/C42H55ClFN3O3/c1-5-6-10-31-15-16-32(28-46-31)45-27-30-25-37(43)41(26-40(30)48-4)50-39-18-17-35-34(12-7-13-36(35)39)33-11-8-14-38(29(33)2)49-24-9-21-47-22-19-42(3,44)20-23-47/h7-8,10-14,25-26,32,39,45-46H,5-6,9,15-24,27-28H2,1-4H3/b31-10+/t32?,39-/m0/s1. The summed E-state index contributed by atoms with van der Waals surface area (Å²) in [5.41, 5.74) is 7.48. The largest absolute Gasteiger partial charge is 0.496 e. The molecule has 2 saturated heterocycles. The van der Waals surface area contributed by atoms with Crippen LogP contribution < -0.4 is 24.8 Å². The third-order valence-corrected chi connectivity index (χ3v) is 11.1. The van der Waals surface area contributed by atoms with Gasteiger partial charge in [0.05, 0.1) is 18.7 Å². The molecule has 270 valence electrons. The van der Waals surface area contributed by atoms with Crippen molar-refractivity contribution in [1.29, 1.82) is 0 Å². The molecule has 1 aliphatic carbocycles. The maximum Gasteiger partial charge on any atom is 0.142 e. The minimum Gasteiger partial charge on any atom is -0.496 e. The van der Waals surface area contributed by atoms with Gasteiger partial charge in [-0.2, -0.15) is 0 Å². The summed E-state index contributed by atoms with van der Waals surface area (Å²) >= 11 is 6.87. The van der Waals surface area contributed by atoms with E-state index >= 15 is 0 Å². The Morgan fingerprint density at radius 2 is 1.84 bits per heavy atom. The quantitative estimate of drug-likeness (QED) is 0.163. The normalized spacial score (nSPS) is 21.1. The van der Waals surface area contributed by atoms with E-state index in [1.807, 2.05) is 12.1 Å². The minimum absolute atomic E-state index is 0.0933. The van der Waals surface area contributed by atoms with E-state index in [0.29, 0.717) is 42.8 Å². The van der Waals surface area contributed by atoms with E-state index in [-0.39, 0.29) is 6.10 Å². The molecule has 0 aromatic heterocycles. The van der Waals surface area contributed by atoms with E-state index in [2.05, 4.69) is 71.9 Å². The summed E-state index contributed by atoms with van der Waals surface area (Å²) in [6.07, 6.45) is 10.7. The zero-order chi connectivity index (χ0) is 35.1. The molecule has 8 heteroatoms. The highest BCUT2D eigenvalue weighted by molar-refractivity contribution is 6.32. The molecule has 3 aromatic rings. The number of benzene rings is 3. The van der Waals surface area contributed by atoms with Crippen molar-refractivity contribution in [3.05, 3.63) is 87.6 Å². The number of hydrogen-bond donors (Lipinski definition) is 2. The van der Waals surface area contributed by atoms with Crippen LogP contribution >= 0.6 is 11.6 Å². The number of methoxy groups -OCH3 is 1. The van der Waals surface area contributed by atoms with E-state index in [9.17, 15) is 4.39 Å². The number of piperidine rings is 2. The molecule has 2 heterocycles. The van der Waals surface area contributed by atoms with Crippen molar-refractivity contribution < 1.29 is 18.6 Å². The van der Waals surface area contributed by atoms with E-state index in [1.165, 1.54) is 34.4 Å². The van der Waals surface area contributed by atoms with Crippen LogP contribution in [0.25, 0.3) is 11.1 Å². The molecule has 6 rings (SSSR count). The lowest BCUT2D eigenvalue weighted by Crippen LogP contribution is -2.41. The van der Waals surface area contributed by atoms with Gasteiger partial charge in [0.15, 0.2) is 0 Å². The van der Waals surface area contributed by atoms with Gasteiger partial charge in [0, 0.05) is 56.1 Å². The Morgan fingerprint density at radius 1 is 1.04 bits per heavy atom. The van der Waals surface area contributed by atoms with Crippen molar-refractivity contribution in [2.45, 2.75) is 103 Å². The molecule has 0 radical (unpaired) electrons. The summed E-state index contributed by atoms with van der Waals surface area (Å²) in [6, 6.07) is 17.2. The van der Waals surface area contributed by atoms with Crippen LogP contribution in [-0.4, -0.2) is 56.5 Å². The predicted molar refractivity (Wildman–Crippen MR) is 202 cm³/mol. The molecule has 0 bridgehead atoms. The second-order valence-corrected chi connectivity index (χ2v) is 14.9. The first-order valence-electron chi connectivity index (χ1n) is 18.7. The maximum absolute atomic E-state index is 14.2. The molecular weight excluding hydrogens is 649 g/mol. The maximum atomic E-state index is 14.2. The Morgan fingerprint density at radius 3 is 2.60 bits per heavy atom. The lowest BCUT2D eigenvalue weighted by Gasteiger charge is -2.34. The Hall–Kier alpha value is -3.26.